The molecule has 0 radical (unpaired) electrons. The molecule has 3 rings (SSSR count). The Balaban J connectivity index is 1.76. The average Bonchev–Trinajstić information content (AvgIpc) is 3.08. The molecular formula is C20H23N3O4S. The van der Waals surface area contributed by atoms with Crippen LogP contribution in [-0.4, -0.2) is 33.3 Å². The maximum Gasteiger partial charge on any atom is 0.264 e. The summed E-state index contributed by atoms with van der Waals surface area (Å²) in [4.78, 5) is 25.9. The van der Waals surface area contributed by atoms with Gasteiger partial charge >= 0.3 is 0 Å². The van der Waals surface area contributed by atoms with Crippen molar-refractivity contribution in [2.24, 2.45) is 11.7 Å². The van der Waals surface area contributed by atoms with E-state index in [1.165, 1.54) is 18.2 Å². The van der Waals surface area contributed by atoms with Gasteiger partial charge in [0.05, 0.1) is 4.90 Å². The third-order valence-corrected chi connectivity index (χ3v) is 6.26. The standard InChI is InChI=1S/C20H23N3O4S/c1-13-9-10-23(12-13)16-6-4-15(5-7-16)20(25)22-28(26,27)17-8-3-14(2)18(11-17)19(21)24/h3-8,11,13H,9-10,12H2,1-2H3,(H2,21,24)(H,22,25). The average molecular weight is 401 g/mol. The molecule has 0 aliphatic carbocycles. The first-order valence-corrected chi connectivity index (χ1v) is 10.5. The Kier molecular flexibility index (Phi) is 5.42. The summed E-state index contributed by atoms with van der Waals surface area (Å²) in [6.45, 7) is 5.78. The Morgan fingerprint density at radius 3 is 2.39 bits per heavy atom. The number of anilines is 1. The minimum atomic E-state index is -4.13. The highest BCUT2D eigenvalue weighted by atomic mass is 32.2. The van der Waals surface area contributed by atoms with Crippen molar-refractivity contribution in [1.29, 1.82) is 0 Å². The van der Waals surface area contributed by atoms with E-state index in [1.807, 2.05) is 16.9 Å². The van der Waals surface area contributed by atoms with E-state index in [9.17, 15) is 18.0 Å². The van der Waals surface area contributed by atoms with E-state index in [2.05, 4.69) is 11.8 Å². The second-order valence-electron chi connectivity index (χ2n) is 7.16. The SMILES string of the molecule is Cc1ccc(S(=O)(=O)NC(=O)c2ccc(N3CCC(C)C3)cc2)cc1C(N)=O. The molecule has 1 atom stereocenters. The number of amides is 2. The third kappa shape index (κ3) is 4.17. The second-order valence-corrected chi connectivity index (χ2v) is 8.84. The molecule has 1 saturated heterocycles. The summed E-state index contributed by atoms with van der Waals surface area (Å²) in [5.74, 6) is -0.830. The summed E-state index contributed by atoms with van der Waals surface area (Å²) >= 11 is 0. The summed E-state index contributed by atoms with van der Waals surface area (Å²) in [5.41, 5.74) is 7.17. The number of carbonyl (C=O) groups is 2. The van der Waals surface area contributed by atoms with Crippen molar-refractivity contribution in [2.45, 2.75) is 25.2 Å². The summed E-state index contributed by atoms with van der Waals surface area (Å²) in [5, 5.41) is 0. The first-order valence-electron chi connectivity index (χ1n) is 9.00. The molecule has 28 heavy (non-hydrogen) atoms. The van der Waals surface area contributed by atoms with Crippen molar-refractivity contribution in [2.75, 3.05) is 18.0 Å². The molecule has 1 heterocycles. The quantitative estimate of drug-likeness (QED) is 0.797. The van der Waals surface area contributed by atoms with Crippen molar-refractivity contribution in [3.63, 3.8) is 0 Å². The second kappa shape index (κ2) is 7.63. The number of hydrogen-bond donors (Lipinski definition) is 2. The predicted molar refractivity (Wildman–Crippen MR) is 107 cm³/mol. The summed E-state index contributed by atoms with van der Waals surface area (Å²) < 4.78 is 27.1. The topological polar surface area (TPSA) is 110 Å². The van der Waals surface area contributed by atoms with E-state index < -0.39 is 21.8 Å². The van der Waals surface area contributed by atoms with Crippen LogP contribution in [0.3, 0.4) is 0 Å². The predicted octanol–water partition coefficient (Wildman–Crippen LogP) is 2.06. The van der Waals surface area contributed by atoms with Crippen molar-refractivity contribution in [1.82, 2.24) is 4.72 Å². The number of sulfonamides is 1. The first-order chi connectivity index (χ1) is 13.2. The van der Waals surface area contributed by atoms with Gasteiger partial charge in [-0.3, -0.25) is 9.59 Å². The zero-order valence-corrected chi connectivity index (χ0v) is 16.6. The fourth-order valence-corrected chi connectivity index (χ4v) is 4.27. The van der Waals surface area contributed by atoms with E-state index in [1.54, 1.807) is 19.1 Å². The zero-order chi connectivity index (χ0) is 20.5. The molecule has 0 aromatic heterocycles. The molecule has 8 heteroatoms. The Hall–Kier alpha value is -2.87. The van der Waals surface area contributed by atoms with Gasteiger partial charge in [0.15, 0.2) is 0 Å². The molecule has 1 aliphatic rings. The van der Waals surface area contributed by atoms with Crippen LogP contribution in [0.15, 0.2) is 47.4 Å². The van der Waals surface area contributed by atoms with E-state index in [0.29, 0.717) is 11.5 Å². The number of carbonyl (C=O) groups excluding carboxylic acids is 2. The summed E-state index contributed by atoms with van der Waals surface area (Å²) in [6, 6.07) is 10.8. The highest BCUT2D eigenvalue weighted by molar-refractivity contribution is 7.90. The lowest BCUT2D eigenvalue weighted by atomic mass is 10.1. The van der Waals surface area contributed by atoms with Gasteiger partial charge in [0.1, 0.15) is 0 Å². The van der Waals surface area contributed by atoms with Crippen LogP contribution in [-0.2, 0) is 10.0 Å². The highest BCUT2D eigenvalue weighted by Crippen LogP contribution is 2.24. The number of nitrogens with two attached hydrogens (primary N) is 1. The molecule has 7 nitrogen and oxygen atoms in total. The molecule has 1 unspecified atom stereocenters. The van der Waals surface area contributed by atoms with Gasteiger partial charge in [-0.05, 0) is 61.2 Å². The van der Waals surface area contributed by atoms with Crippen LogP contribution in [0.1, 0.15) is 39.6 Å². The highest BCUT2D eigenvalue weighted by Gasteiger charge is 2.22. The lowest BCUT2D eigenvalue weighted by Crippen LogP contribution is -2.31. The van der Waals surface area contributed by atoms with Crippen LogP contribution in [0.4, 0.5) is 5.69 Å². The normalized spacial score (nSPS) is 16.8. The molecule has 1 aliphatic heterocycles. The van der Waals surface area contributed by atoms with E-state index in [0.717, 1.165) is 25.2 Å². The molecule has 2 aromatic carbocycles. The molecular weight excluding hydrogens is 378 g/mol. The molecule has 2 aromatic rings. The Bertz CT molecular complexity index is 1020. The van der Waals surface area contributed by atoms with E-state index in [4.69, 9.17) is 5.73 Å². The third-order valence-electron chi connectivity index (χ3n) is 4.93. The first kappa shape index (κ1) is 19.9. The Morgan fingerprint density at radius 1 is 1.14 bits per heavy atom. The number of primary amides is 1. The summed E-state index contributed by atoms with van der Waals surface area (Å²) in [7, 11) is -4.13. The molecule has 2 amide bonds. The van der Waals surface area contributed by atoms with Crippen LogP contribution < -0.4 is 15.4 Å². The monoisotopic (exact) mass is 401 g/mol. The van der Waals surface area contributed by atoms with Gasteiger partial charge in [0, 0.05) is 29.9 Å². The van der Waals surface area contributed by atoms with Crippen molar-refractivity contribution in [3.05, 3.63) is 59.2 Å². The van der Waals surface area contributed by atoms with Gasteiger partial charge in [0.25, 0.3) is 15.9 Å². The van der Waals surface area contributed by atoms with Gasteiger partial charge in [-0.2, -0.15) is 0 Å². The van der Waals surface area contributed by atoms with Crippen molar-refractivity contribution in [3.8, 4) is 0 Å². The number of benzene rings is 2. The maximum atomic E-state index is 12.5. The van der Waals surface area contributed by atoms with Crippen molar-refractivity contribution >= 4 is 27.5 Å². The van der Waals surface area contributed by atoms with E-state index in [-0.39, 0.29) is 16.0 Å². The number of aryl methyl sites for hydroxylation is 1. The molecule has 1 fully saturated rings. The zero-order valence-electron chi connectivity index (χ0n) is 15.8. The lowest BCUT2D eigenvalue weighted by molar-refractivity contribution is 0.0978. The number of hydrogen-bond acceptors (Lipinski definition) is 5. The van der Waals surface area contributed by atoms with Gasteiger partial charge in [-0.1, -0.05) is 13.0 Å². The number of nitrogens with zero attached hydrogens (tertiary/aromatic N) is 1. The lowest BCUT2D eigenvalue weighted by Gasteiger charge is -2.18. The van der Waals surface area contributed by atoms with Gasteiger partial charge in [0.2, 0.25) is 5.91 Å². The minimum absolute atomic E-state index is 0.0968. The number of nitrogens with one attached hydrogen (secondary N) is 1. The van der Waals surface area contributed by atoms with Crippen LogP contribution in [0.25, 0.3) is 0 Å². The fraction of sp³-hybridized carbons (Fsp3) is 0.300. The Morgan fingerprint density at radius 2 is 1.82 bits per heavy atom. The molecule has 0 saturated carbocycles. The van der Waals surface area contributed by atoms with Crippen LogP contribution >= 0.6 is 0 Å². The Labute approximate surface area is 164 Å². The molecule has 3 N–H and O–H groups in total. The number of rotatable bonds is 5. The molecule has 0 bridgehead atoms. The van der Waals surface area contributed by atoms with Gasteiger partial charge < -0.3 is 10.6 Å². The molecule has 0 spiro atoms. The van der Waals surface area contributed by atoms with Gasteiger partial charge in [-0.25, -0.2) is 13.1 Å². The summed E-state index contributed by atoms with van der Waals surface area (Å²) in [6.07, 6.45) is 1.13. The minimum Gasteiger partial charge on any atom is -0.371 e. The van der Waals surface area contributed by atoms with Crippen LogP contribution in [0, 0.1) is 12.8 Å². The van der Waals surface area contributed by atoms with Crippen molar-refractivity contribution < 1.29 is 18.0 Å². The van der Waals surface area contributed by atoms with Gasteiger partial charge in [-0.15, -0.1) is 0 Å². The van der Waals surface area contributed by atoms with Crippen LogP contribution in [0.5, 0.6) is 0 Å². The largest absolute Gasteiger partial charge is 0.371 e. The fourth-order valence-electron chi connectivity index (χ4n) is 3.27. The molecule has 148 valence electrons. The van der Waals surface area contributed by atoms with Crippen LogP contribution in [0.2, 0.25) is 0 Å². The smallest absolute Gasteiger partial charge is 0.264 e. The maximum absolute atomic E-state index is 12.5. The van der Waals surface area contributed by atoms with E-state index >= 15 is 0 Å².